The van der Waals surface area contributed by atoms with Crippen molar-refractivity contribution in [2.24, 2.45) is 10.8 Å². The molecular weight excluding hydrogens is 475 g/mol. The van der Waals surface area contributed by atoms with Gasteiger partial charge in [-0.3, -0.25) is 4.79 Å². The van der Waals surface area contributed by atoms with E-state index in [0.717, 1.165) is 30.4 Å². The molecule has 0 aromatic heterocycles. The Morgan fingerprint density at radius 3 is 2.20 bits per heavy atom. The SMILES string of the molecule is CC(C)(C)CCCC(=O)[C@@H]1N[C@@H](CC(C)(C)C)[C@](C#N)(c2ccc(Cl)cc2)[C@H]1c1cccc(Cl)c1. The van der Waals surface area contributed by atoms with Crippen molar-refractivity contribution < 1.29 is 4.79 Å². The maximum absolute atomic E-state index is 13.8. The molecule has 0 radical (unpaired) electrons. The molecular formula is C30H38Cl2N2O. The predicted octanol–water partition coefficient (Wildman–Crippen LogP) is 8.10. The third-order valence-corrected chi connectivity index (χ3v) is 7.47. The number of hydrogen-bond acceptors (Lipinski definition) is 3. The maximum atomic E-state index is 13.8. The summed E-state index contributed by atoms with van der Waals surface area (Å²) < 4.78 is 0. The van der Waals surface area contributed by atoms with Gasteiger partial charge in [-0.25, -0.2) is 0 Å². The lowest BCUT2D eigenvalue weighted by atomic mass is 9.62. The fourth-order valence-electron chi connectivity index (χ4n) is 5.46. The third kappa shape index (κ3) is 6.48. The van der Waals surface area contributed by atoms with Crippen LogP contribution in [0, 0.1) is 22.2 Å². The quantitative estimate of drug-likeness (QED) is 0.407. The average molecular weight is 514 g/mol. The zero-order valence-corrected chi connectivity index (χ0v) is 23.3. The van der Waals surface area contributed by atoms with Crippen LogP contribution in [0.2, 0.25) is 10.0 Å². The van der Waals surface area contributed by atoms with E-state index in [1.54, 1.807) is 0 Å². The standard InChI is InChI=1S/C30H38Cl2N2O/c1-28(2,3)16-8-11-24(35)27-26(20-9-7-10-23(32)17-20)30(19-33,21-12-14-22(31)15-13-21)25(34-27)18-29(4,5)6/h7,9-10,12-15,17,25-27,34H,8,11,16,18H2,1-6H3/t25-,26-,27-,30-/m0/s1. The van der Waals surface area contributed by atoms with E-state index in [1.807, 2.05) is 48.5 Å². The van der Waals surface area contributed by atoms with Crippen LogP contribution in [0.15, 0.2) is 48.5 Å². The van der Waals surface area contributed by atoms with Crippen molar-refractivity contribution in [2.75, 3.05) is 0 Å². The fourth-order valence-corrected chi connectivity index (χ4v) is 5.78. The molecule has 4 atom stereocenters. The van der Waals surface area contributed by atoms with Gasteiger partial charge < -0.3 is 5.32 Å². The third-order valence-electron chi connectivity index (χ3n) is 6.98. The number of rotatable bonds is 7. The lowest BCUT2D eigenvalue weighted by Crippen LogP contribution is -2.44. The van der Waals surface area contributed by atoms with Crippen LogP contribution in [0.3, 0.4) is 0 Å². The Morgan fingerprint density at radius 2 is 1.66 bits per heavy atom. The molecule has 2 aromatic carbocycles. The van der Waals surface area contributed by atoms with Crippen LogP contribution in [0.4, 0.5) is 0 Å². The number of hydrogen-bond donors (Lipinski definition) is 1. The molecule has 1 aliphatic rings. The summed E-state index contributed by atoms with van der Waals surface area (Å²) >= 11 is 12.7. The fraction of sp³-hybridized carbons (Fsp3) is 0.533. The van der Waals surface area contributed by atoms with E-state index in [0.29, 0.717) is 16.5 Å². The second-order valence-corrected chi connectivity index (χ2v) is 13.2. The first kappa shape index (κ1) is 27.7. The van der Waals surface area contributed by atoms with E-state index in [1.165, 1.54) is 0 Å². The van der Waals surface area contributed by atoms with Gasteiger partial charge in [0, 0.05) is 28.4 Å². The van der Waals surface area contributed by atoms with Crippen LogP contribution < -0.4 is 5.32 Å². The Hall–Kier alpha value is -1.86. The Balaban J connectivity index is 2.16. The molecule has 0 amide bonds. The number of Topliss-reactive ketones (excluding diaryl/α,β-unsaturated/α-hetero) is 1. The van der Waals surface area contributed by atoms with Crippen LogP contribution in [0.1, 0.15) is 84.3 Å². The van der Waals surface area contributed by atoms with Gasteiger partial charge in [0.2, 0.25) is 0 Å². The second-order valence-electron chi connectivity index (χ2n) is 12.4. The van der Waals surface area contributed by atoms with Gasteiger partial charge in [0.1, 0.15) is 11.2 Å². The monoisotopic (exact) mass is 512 g/mol. The molecule has 5 heteroatoms. The second kappa shape index (κ2) is 10.6. The van der Waals surface area contributed by atoms with Crippen molar-refractivity contribution in [2.45, 2.75) is 90.6 Å². The number of nitriles is 1. The molecule has 3 nitrogen and oxygen atoms in total. The molecule has 3 rings (SSSR count). The topological polar surface area (TPSA) is 52.9 Å². The smallest absolute Gasteiger partial charge is 0.150 e. The highest BCUT2D eigenvalue weighted by Crippen LogP contribution is 2.51. The summed E-state index contributed by atoms with van der Waals surface area (Å²) in [5, 5.41) is 15.8. The first-order valence-corrected chi connectivity index (χ1v) is 13.2. The molecule has 1 heterocycles. The molecule has 0 spiro atoms. The van der Waals surface area contributed by atoms with E-state index in [-0.39, 0.29) is 28.6 Å². The Morgan fingerprint density at radius 1 is 1.00 bits per heavy atom. The van der Waals surface area contributed by atoms with Gasteiger partial charge in [0.15, 0.2) is 0 Å². The molecule has 0 bridgehead atoms. The van der Waals surface area contributed by atoms with Crippen molar-refractivity contribution in [3.05, 3.63) is 69.7 Å². The average Bonchev–Trinajstić information content (AvgIpc) is 3.06. The van der Waals surface area contributed by atoms with Crippen molar-refractivity contribution in [1.29, 1.82) is 5.26 Å². The summed E-state index contributed by atoms with van der Waals surface area (Å²) in [5.41, 5.74) is 0.958. The number of benzene rings is 2. The van der Waals surface area contributed by atoms with E-state index in [9.17, 15) is 10.1 Å². The van der Waals surface area contributed by atoms with Crippen LogP contribution in [0.25, 0.3) is 0 Å². The van der Waals surface area contributed by atoms with E-state index < -0.39 is 11.5 Å². The Labute approximate surface area is 221 Å². The zero-order valence-electron chi connectivity index (χ0n) is 21.8. The molecule has 188 valence electrons. The maximum Gasteiger partial charge on any atom is 0.150 e. The van der Waals surface area contributed by atoms with Gasteiger partial charge in [-0.15, -0.1) is 0 Å². The number of halogens is 2. The summed E-state index contributed by atoms with van der Waals surface area (Å²) in [7, 11) is 0. The first-order chi connectivity index (χ1) is 16.3. The lowest BCUT2D eigenvalue weighted by Gasteiger charge is -2.37. The highest BCUT2D eigenvalue weighted by molar-refractivity contribution is 6.30. The van der Waals surface area contributed by atoms with Crippen LogP contribution in [-0.2, 0) is 10.2 Å². The van der Waals surface area contributed by atoms with E-state index >= 15 is 0 Å². The predicted molar refractivity (Wildman–Crippen MR) is 146 cm³/mol. The summed E-state index contributed by atoms with van der Waals surface area (Å²) in [6.45, 7) is 13.1. The van der Waals surface area contributed by atoms with Crippen LogP contribution in [0.5, 0.6) is 0 Å². The molecule has 1 aliphatic heterocycles. The summed E-state index contributed by atoms with van der Waals surface area (Å²) in [6.07, 6.45) is 3.02. The van der Waals surface area contributed by atoms with Gasteiger partial charge in [0.05, 0.1) is 12.1 Å². The summed E-state index contributed by atoms with van der Waals surface area (Å²) in [4.78, 5) is 13.8. The Bertz CT molecular complexity index is 1080. The molecule has 0 aliphatic carbocycles. The summed E-state index contributed by atoms with van der Waals surface area (Å²) in [6, 6.07) is 17.2. The van der Waals surface area contributed by atoms with Crippen molar-refractivity contribution in [3.8, 4) is 6.07 Å². The molecule has 1 fully saturated rings. The first-order valence-electron chi connectivity index (χ1n) is 12.5. The molecule has 1 saturated heterocycles. The Kier molecular flexibility index (Phi) is 8.42. The van der Waals surface area contributed by atoms with Gasteiger partial charge in [-0.1, -0.05) is 89.0 Å². The number of carbonyl (C=O) groups excluding carboxylic acids is 1. The molecule has 2 aromatic rings. The zero-order chi connectivity index (χ0) is 26.0. The highest BCUT2D eigenvalue weighted by atomic mass is 35.5. The van der Waals surface area contributed by atoms with Gasteiger partial charge in [-0.05, 0) is 65.5 Å². The normalized spacial score (nSPS) is 24.8. The molecule has 35 heavy (non-hydrogen) atoms. The van der Waals surface area contributed by atoms with Crippen molar-refractivity contribution >= 4 is 29.0 Å². The van der Waals surface area contributed by atoms with Crippen molar-refractivity contribution in [1.82, 2.24) is 5.32 Å². The van der Waals surface area contributed by atoms with Gasteiger partial charge in [0.25, 0.3) is 0 Å². The van der Waals surface area contributed by atoms with Crippen LogP contribution in [-0.4, -0.2) is 17.9 Å². The molecule has 1 N–H and O–H groups in total. The van der Waals surface area contributed by atoms with E-state index in [4.69, 9.17) is 23.2 Å². The minimum atomic E-state index is -0.951. The van der Waals surface area contributed by atoms with Gasteiger partial charge in [-0.2, -0.15) is 5.26 Å². The van der Waals surface area contributed by atoms with Crippen LogP contribution >= 0.6 is 23.2 Å². The largest absolute Gasteiger partial charge is 0.302 e. The van der Waals surface area contributed by atoms with Gasteiger partial charge >= 0.3 is 0 Å². The van der Waals surface area contributed by atoms with E-state index in [2.05, 4.69) is 52.9 Å². The number of nitrogens with zero attached hydrogens (tertiary/aromatic N) is 1. The molecule has 0 unspecified atom stereocenters. The highest BCUT2D eigenvalue weighted by Gasteiger charge is 2.59. The van der Waals surface area contributed by atoms with Crippen molar-refractivity contribution in [3.63, 3.8) is 0 Å². The number of carbonyl (C=O) groups is 1. The molecule has 0 saturated carbocycles. The number of ketones is 1. The number of nitrogens with one attached hydrogen (secondary N) is 1. The lowest BCUT2D eigenvalue weighted by molar-refractivity contribution is -0.121. The minimum Gasteiger partial charge on any atom is -0.302 e. The summed E-state index contributed by atoms with van der Waals surface area (Å²) in [5.74, 6) is -0.217. The minimum absolute atomic E-state index is 0.0464.